The first-order valence-corrected chi connectivity index (χ1v) is 12.3. The largest absolute Gasteiger partial charge is 0.390 e. The van der Waals surface area contributed by atoms with Crippen LogP contribution in [0.5, 0.6) is 0 Å². The zero-order valence-corrected chi connectivity index (χ0v) is 18.7. The number of anilines is 1. The van der Waals surface area contributed by atoms with Crippen molar-refractivity contribution in [2.24, 2.45) is 17.8 Å². The van der Waals surface area contributed by atoms with Gasteiger partial charge in [-0.05, 0) is 76.5 Å². The minimum atomic E-state index is -0.473. The minimum absolute atomic E-state index is 0.0139. The van der Waals surface area contributed by atoms with E-state index in [1.165, 1.54) is 0 Å². The van der Waals surface area contributed by atoms with Crippen LogP contribution in [0.1, 0.15) is 80.8 Å². The van der Waals surface area contributed by atoms with Crippen molar-refractivity contribution in [3.8, 4) is 0 Å². The maximum atomic E-state index is 13.4. The normalized spacial score (nSPS) is 41.5. The van der Waals surface area contributed by atoms with E-state index in [1.807, 2.05) is 0 Å². The van der Waals surface area contributed by atoms with Gasteiger partial charge < -0.3 is 20.6 Å². The molecule has 0 aromatic carbocycles. The minimum Gasteiger partial charge on any atom is -0.390 e. The molecule has 7 nitrogen and oxygen atoms in total. The summed E-state index contributed by atoms with van der Waals surface area (Å²) in [6, 6.07) is 0.976. The molecule has 1 aromatic heterocycles. The maximum absolute atomic E-state index is 13.4. The van der Waals surface area contributed by atoms with E-state index in [1.54, 1.807) is 6.20 Å². The molecule has 4 atom stereocenters. The standard InChI is InChI=1S/C24H35N5O2/c1-13-11-29(12-14(2)26-13)23-25-10-19(21(28-23)16-3-4-16)22(30)27-20-17-5-15-6-18(20)9-24(31,7-15)8-17/h10,13-18,20,26,31H,3-9,11-12H2,1-2H3,(H,27,30)/t13-,14+,15?,17?,18?,20-,24+. The van der Waals surface area contributed by atoms with Crippen molar-refractivity contribution in [1.82, 2.24) is 20.6 Å². The van der Waals surface area contributed by atoms with Crippen LogP contribution in [-0.2, 0) is 0 Å². The molecule has 1 aromatic rings. The highest BCUT2D eigenvalue weighted by atomic mass is 16.3. The smallest absolute Gasteiger partial charge is 0.254 e. The van der Waals surface area contributed by atoms with Gasteiger partial charge in [-0.25, -0.2) is 9.97 Å². The van der Waals surface area contributed by atoms with Crippen molar-refractivity contribution in [2.45, 2.75) is 88.4 Å². The lowest BCUT2D eigenvalue weighted by molar-refractivity contribution is -0.136. The van der Waals surface area contributed by atoms with Gasteiger partial charge in [0.2, 0.25) is 5.95 Å². The fraction of sp³-hybridized carbons (Fsp3) is 0.792. The zero-order valence-electron chi connectivity index (χ0n) is 18.7. The number of aromatic nitrogens is 2. The first-order chi connectivity index (χ1) is 14.9. The van der Waals surface area contributed by atoms with Gasteiger partial charge in [-0.15, -0.1) is 0 Å². The molecule has 1 aliphatic heterocycles. The van der Waals surface area contributed by atoms with Crippen molar-refractivity contribution >= 4 is 11.9 Å². The fourth-order valence-corrected chi connectivity index (χ4v) is 7.32. The molecule has 0 spiro atoms. The second-order valence-electron chi connectivity index (χ2n) is 11.3. The molecule has 5 saturated carbocycles. The molecule has 5 aliphatic carbocycles. The van der Waals surface area contributed by atoms with Crippen LogP contribution in [0, 0.1) is 17.8 Å². The summed E-state index contributed by atoms with van der Waals surface area (Å²) in [5, 5.41) is 17.8. The number of amides is 1. The number of carbonyl (C=O) groups excluding carboxylic acids is 1. The number of rotatable bonds is 4. The molecule has 4 bridgehead atoms. The highest BCUT2D eigenvalue weighted by molar-refractivity contribution is 5.95. The average molecular weight is 426 g/mol. The first-order valence-electron chi connectivity index (χ1n) is 12.3. The Morgan fingerprint density at radius 2 is 1.84 bits per heavy atom. The summed E-state index contributed by atoms with van der Waals surface area (Å²) in [5.41, 5.74) is 1.12. The molecule has 6 fully saturated rings. The number of hydrogen-bond acceptors (Lipinski definition) is 6. The van der Waals surface area contributed by atoms with Gasteiger partial charge in [-0.3, -0.25) is 4.79 Å². The van der Waals surface area contributed by atoms with Gasteiger partial charge >= 0.3 is 0 Å². The third-order valence-electron chi connectivity index (χ3n) is 8.39. The van der Waals surface area contributed by atoms with Crippen molar-refractivity contribution in [2.75, 3.05) is 18.0 Å². The predicted octanol–water partition coefficient (Wildman–Crippen LogP) is 2.21. The van der Waals surface area contributed by atoms with E-state index >= 15 is 0 Å². The van der Waals surface area contributed by atoms with Gasteiger partial charge in [0.15, 0.2) is 0 Å². The van der Waals surface area contributed by atoms with E-state index in [0.29, 0.717) is 41.3 Å². The third kappa shape index (κ3) is 3.63. The molecule has 3 N–H and O–H groups in total. The molecule has 7 rings (SSSR count). The predicted molar refractivity (Wildman–Crippen MR) is 118 cm³/mol. The van der Waals surface area contributed by atoms with E-state index in [4.69, 9.17) is 4.98 Å². The van der Waals surface area contributed by atoms with Crippen LogP contribution in [-0.4, -0.2) is 57.8 Å². The molecule has 2 heterocycles. The number of carbonyl (C=O) groups is 1. The Balaban J connectivity index is 1.22. The molecule has 6 aliphatic rings. The lowest BCUT2D eigenvalue weighted by Crippen LogP contribution is -2.61. The van der Waals surface area contributed by atoms with Crippen LogP contribution >= 0.6 is 0 Å². The Morgan fingerprint density at radius 3 is 2.45 bits per heavy atom. The van der Waals surface area contributed by atoms with Gasteiger partial charge in [0.05, 0.1) is 16.9 Å². The quantitative estimate of drug-likeness (QED) is 0.685. The Bertz CT molecular complexity index is 861. The first kappa shape index (κ1) is 19.9. The number of hydrogen-bond donors (Lipinski definition) is 3. The summed E-state index contributed by atoms with van der Waals surface area (Å²) in [4.78, 5) is 25.2. The summed E-state index contributed by atoms with van der Waals surface area (Å²) in [6.07, 6.45) is 8.92. The van der Waals surface area contributed by atoms with E-state index < -0.39 is 5.60 Å². The highest BCUT2D eigenvalue weighted by Gasteiger charge is 2.55. The molecule has 0 radical (unpaired) electrons. The Morgan fingerprint density at radius 1 is 1.16 bits per heavy atom. The molecule has 7 heteroatoms. The summed E-state index contributed by atoms with van der Waals surface area (Å²) >= 11 is 0. The van der Waals surface area contributed by atoms with E-state index in [-0.39, 0.29) is 11.9 Å². The van der Waals surface area contributed by atoms with Crippen LogP contribution in [0.15, 0.2) is 6.20 Å². The van der Waals surface area contributed by atoms with Crippen molar-refractivity contribution in [1.29, 1.82) is 0 Å². The van der Waals surface area contributed by atoms with Crippen LogP contribution in [0.4, 0.5) is 5.95 Å². The molecule has 31 heavy (non-hydrogen) atoms. The summed E-state index contributed by atoms with van der Waals surface area (Å²) in [5.74, 6) is 2.60. The van der Waals surface area contributed by atoms with Crippen molar-refractivity contribution < 1.29 is 9.90 Å². The van der Waals surface area contributed by atoms with Crippen LogP contribution in [0.2, 0.25) is 0 Å². The summed E-state index contributed by atoms with van der Waals surface area (Å²) in [7, 11) is 0. The molecule has 2 unspecified atom stereocenters. The van der Waals surface area contributed by atoms with Crippen molar-refractivity contribution in [3.63, 3.8) is 0 Å². The fourth-order valence-electron chi connectivity index (χ4n) is 7.32. The molecule has 1 saturated heterocycles. The average Bonchev–Trinajstić information content (AvgIpc) is 3.53. The summed E-state index contributed by atoms with van der Waals surface area (Å²) < 4.78 is 0. The molecule has 168 valence electrons. The van der Waals surface area contributed by atoms with Gasteiger partial charge in [0.25, 0.3) is 5.91 Å². The molecular weight excluding hydrogens is 390 g/mol. The number of nitrogens with zero attached hydrogens (tertiary/aromatic N) is 3. The van der Waals surface area contributed by atoms with Gasteiger partial charge in [-0.2, -0.15) is 0 Å². The number of aliphatic hydroxyl groups is 1. The Kier molecular flexibility index (Phi) is 4.59. The van der Waals surface area contributed by atoms with E-state index in [9.17, 15) is 9.90 Å². The van der Waals surface area contributed by atoms with Gasteiger partial charge in [0.1, 0.15) is 0 Å². The molecular formula is C24H35N5O2. The summed E-state index contributed by atoms with van der Waals surface area (Å²) in [6.45, 7) is 6.15. The second-order valence-corrected chi connectivity index (χ2v) is 11.3. The lowest BCUT2D eigenvalue weighted by Gasteiger charge is -2.58. The maximum Gasteiger partial charge on any atom is 0.254 e. The lowest BCUT2D eigenvalue weighted by atomic mass is 9.52. The van der Waals surface area contributed by atoms with E-state index in [0.717, 1.165) is 69.7 Å². The monoisotopic (exact) mass is 425 g/mol. The number of piperazine rings is 1. The number of nitrogens with one attached hydrogen (secondary N) is 2. The topological polar surface area (TPSA) is 90.4 Å². The van der Waals surface area contributed by atoms with Crippen molar-refractivity contribution in [3.05, 3.63) is 17.5 Å². The van der Waals surface area contributed by atoms with Crippen LogP contribution in [0.25, 0.3) is 0 Å². The second kappa shape index (κ2) is 7.14. The SMILES string of the molecule is C[C@@H]1CN(c2ncc(C(=O)N[C@H]3C4CC5CC3C[C@@](O)(C5)C4)c(C3CC3)n2)C[C@H](C)N1. The molecule has 1 amide bonds. The van der Waals surface area contributed by atoms with Gasteiger partial charge in [0, 0.05) is 43.3 Å². The van der Waals surface area contributed by atoms with Crippen LogP contribution in [0.3, 0.4) is 0 Å². The van der Waals surface area contributed by atoms with E-state index in [2.05, 4.69) is 34.4 Å². The Labute approximate surface area is 184 Å². The zero-order chi connectivity index (χ0) is 21.3. The van der Waals surface area contributed by atoms with Gasteiger partial charge in [-0.1, -0.05) is 0 Å². The highest BCUT2D eigenvalue weighted by Crippen LogP contribution is 2.55. The van der Waals surface area contributed by atoms with Crippen LogP contribution < -0.4 is 15.5 Å². The third-order valence-corrected chi connectivity index (χ3v) is 8.39. The Hall–Kier alpha value is -1.73.